The van der Waals surface area contributed by atoms with Gasteiger partial charge in [-0.2, -0.15) is 5.10 Å². The number of carbonyl (C=O) groups is 1. The third kappa shape index (κ3) is 5.77. The Morgan fingerprint density at radius 2 is 1.94 bits per heavy atom. The molecule has 1 aromatic heterocycles. The number of fused-ring (bicyclic) bond motifs is 1. The van der Waals surface area contributed by atoms with E-state index >= 15 is 0 Å². The molecule has 1 heterocycles. The van der Waals surface area contributed by atoms with Gasteiger partial charge in [-0.25, -0.2) is 10.4 Å². The molecule has 4 rings (SSSR count). The van der Waals surface area contributed by atoms with Crippen molar-refractivity contribution < 1.29 is 14.3 Å². The Labute approximate surface area is 192 Å². The van der Waals surface area contributed by atoms with Gasteiger partial charge in [0.25, 0.3) is 5.91 Å². The molecule has 0 saturated carbocycles. The van der Waals surface area contributed by atoms with E-state index in [1.54, 1.807) is 25.5 Å². The summed E-state index contributed by atoms with van der Waals surface area (Å²) in [7, 11) is 1.65. The van der Waals surface area contributed by atoms with Crippen molar-refractivity contribution >= 4 is 23.2 Å². The minimum atomic E-state index is -0.294. The van der Waals surface area contributed by atoms with E-state index in [0.717, 1.165) is 45.9 Å². The standard InChI is InChI=1S/C26H26N4O3/c1-3-13-33-22-6-4-5-19(14-22)17-27-30-26(31)20-9-12-23-24(16-20)29-25(28-23)15-18-7-10-21(32-2)11-8-18/h4-12,14,16-17H,3,13,15H2,1-2H3,(H,28,29)(H,30,31)/b27-17-. The van der Waals surface area contributed by atoms with Gasteiger partial charge in [-0.1, -0.05) is 31.2 Å². The number of rotatable bonds is 9. The summed E-state index contributed by atoms with van der Waals surface area (Å²) in [5.41, 5.74) is 6.65. The molecule has 0 fully saturated rings. The van der Waals surface area contributed by atoms with Crippen LogP contribution in [0, 0.1) is 0 Å². The number of H-pyrrole nitrogens is 1. The summed E-state index contributed by atoms with van der Waals surface area (Å²) in [5, 5.41) is 4.08. The van der Waals surface area contributed by atoms with Crippen LogP contribution in [0.25, 0.3) is 11.0 Å². The van der Waals surface area contributed by atoms with Gasteiger partial charge in [0.1, 0.15) is 17.3 Å². The molecule has 0 atom stereocenters. The van der Waals surface area contributed by atoms with Gasteiger partial charge in [0.05, 0.1) is 31.0 Å². The zero-order valence-corrected chi connectivity index (χ0v) is 18.7. The number of amides is 1. The van der Waals surface area contributed by atoms with Crippen LogP contribution >= 0.6 is 0 Å². The molecule has 0 aliphatic carbocycles. The summed E-state index contributed by atoms with van der Waals surface area (Å²) < 4.78 is 10.8. The van der Waals surface area contributed by atoms with Gasteiger partial charge in [-0.15, -0.1) is 0 Å². The van der Waals surface area contributed by atoms with Gasteiger partial charge < -0.3 is 14.5 Å². The average Bonchev–Trinajstić information content (AvgIpc) is 3.25. The normalized spacial score (nSPS) is 11.1. The number of hydrogen-bond donors (Lipinski definition) is 2. The first kappa shape index (κ1) is 22.1. The van der Waals surface area contributed by atoms with Crippen molar-refractivity contribution in [2.24, 2.45) is 5.10 Å². The predicted molar refractivity (Wildman–Crippen MR) is 129 cm³/mol. The zero-order valence-electron chi connectivity index (χ0n) is 18.7. The number of hydrazone groups is 1. The quantitative estimate of drug-likeness (QED) is 0.290. The SMILES string of the molecule is CCCOc1cccc(/C=N\NC(=O)c2ccc3nc(Cc4ccc(OC)cc4)[nH]c3c2)c1. The molecule has 168 valence electrons. The zero-order chi connectivity index (χ0) is 23.0. The Hall–Kier alpha value is -4.13. The van der Waals surface area contributed by atoms with Gasteiger partial charge in [0.15, 0.2) is 0 Å². The highest BCUT2D eigenvalue weighted by atomic mass is 16.5. The van der Waals surface area contributed by atoms with E-state index in [9.17, 15) is 4.79 Å². The van der Waals surface area contributed by atoms with E-state index in [2.05, 4.69) is 27.4 Å². The molecule has 0 saturated heterocycles. The number of methoxy groups -OCH3 is 1. The smallest absolute Gasteiger partial charge is 0.271 e. The molecule has 0 unspecified atom stereocenters. The highest BCUT2D eigenvalue weighted by molar-refractivity contribution is 5.97. The van der Waals surface area contributed by atoms with Crippen LogP contribution in [0.2, 0.25) is 0 Å². The summed E-state index contributed by atoms with van der Waals surface area (Å²) in [6.07, 6.45) is 3.20. The van der Waals surface area contributed by atoms with Crippen LogP contribution in [0.3, 0.4) is 0 Å². The molecule has 0 spiro atoms. The lowest BCUT2D eigenvalue weighted by atomic mass is 10.1. The van der Waals surface area contributed by atoms with Crippen LogP contribution in [0.5, 0.6) is 11.5 Å². The van der Waals surface area contributed by atoms with Crippen LogP contribution in [0.15, 0.2) is 71.8 Å². The minimum Gasteiger partial charge on any atom is -0.497 e. The third-order valence-corrected chi connectivity index (χ3v) is 5.03. The number of imidazole rings is 1. The Morgan fingerprint density at radius 3 is 2.73 bits per heavy atom. The summed E-state index contributed by atoms with van der Waals surface area (Å²) >= 11 is 0. The number of aromatic nitrogens is 2. The van der Waals surface area contributed by atoms with E-state index in [-0.39, 0.29) is 5.91 Å². The van der Waals surface area contributed by atoms with E-state index in [1.807, 2.05) is 54.6 Å². The summed E-state index contributed by atoms with van der Waals surface area (Å²) in [6, 6.07) is 20.8. The first-order chi connectivity index (χ1) is 16.1. The van der Waals surface area contributed by atoms with E-state index in [1.165, 1.54) is 0 Å². The van der Waals surface area contributed by atoms with Crippen LogP contribution in [0.4, 0.5) is 0 Å². The van der Waals surface area contributed by atoms with Crippen molar-refractivity contribution in [1.82, 2.24) is 15.4 Å². The van der Waals surface area contributed by atoms with Crippen molar-refractivity contribution in [2.45, 2.75) is 19.8 Å². The van der Waals surface area contributed by atoms with Gasteiger partial charge in [-0.3, -0.25) is 4.79 Å². The number of benzene rings is 3. The number of hydrogen-bond acceptors (Lipinski definition) is 5. The van der Waals surface area contributed by atoms with Crippen LogP contribution < -0.4 is 14.9 Å². The van der Waals surface area contributed by atoms with Gasteiger partial charge >= 0.3 is 0 Å². The second-order valence-electron chi connectivity index (χ2n) is 7.56. The predicted octanol–water partition coefficient (Wildman–Crippen LogP) is 4.72. The molecule has 7 nitrogen and oxygen atoms in total. The van der Waals surface area contributed by atoms with Crippen LogP contribution in [0.1, 0.15) is 40.7 Å². The second kappa shape index (κ2) is 10.5. The number of carbonyl (C=O) groups excluding carboxylic acids is 1. The average molecular weight is 443 g/mol. The maximum absolute atomic E-state index is 12.5. The number of nitrogens with one attached hydrogen (secondary N) is 2. The fraction of sp³-hybridized carbons (Fsp3) is 0.192. The Balaban J connectivity index is 1.40. The van der Waals surface area contributed by atoms with Crippen LogP contribution in [-0.2, 0) is 6.42 Å². The van der Waals surface area contributed by atoms with Gasteiger partial charge in [-0.05, 0) is 60.0 Å². The Kier molecular flexibility index (Phi) is 6.99. The fourth-order valence-corrected chi connectivity index (χ4v) is 3.36. The first-order valence-electron chi connectivity index (χ1n) is 10.8. The molecular weight excluding hydrogens is 416 g/mol. The number of nitrogens with zero attached hydrogens (tertiary/aromatic N) is 2. The van der Waals surface area contributed by atoms with Crippen molar-refractivity contribution in [3.8, 4) is 11.5 Å². The highest BCUT2D eigenvalue weighted by Crippen LogP contribution is 2.18. The van der Waals surface area contributed by atoms with E-state index < -0.39 is 0 Å². The fourth-order valence-electron chi connectivity index (χ4n) is 3.36. The lowest BCUT2D eigenvalue weighted by Crippen LogP contribution is -2.17. The monoisotopic (exact) mass is 442 g/mol. The number of aromatic amines is 1. The third-order valence-electron chi connectivity index (χ3n) is 5.03. The lowest BCUT2D eigenvalue weighted by molar-refractivity contribution is 0.0955. The highest BCUT2D eigenvalue weighted by Gasteiger charge is 2.09. The van der Waals surface area contributed by atoms with E-state index in [0.29, 0.717) is 18.6 Å². The molecule has 0 radical (unpaired) electrons. The first-order valence-corrected chi connectivity index (χ1v) is 10.8. The van der Waals surface area contributed by atoms with Gasteiger partial charge in [0, 0.05) is 12.0 Å². The molecule has 33 heavy (non-hydrogen) atoms. The van der Waals surface area contributed by atoms with Crippen molar-refractivity contribution in [3.05, 3.63) is 89.2 Å². The molecule has 3 aromatic carbocycles. The van der Waals surface area contributed by atoms with Crippen molar-refractivity contribution in [3.63, 3.8) is 0 Å². The lowest BCUT2D eigenvalue weighted by Gasteiger charge is -2.04. The molecule has 2 N–H and O–H groups in total. The maximum Gasteiger partial charge on any atom is 0.271 e. The molecule has 0 aliphatic rings. The number of ether oxygens (including phenoxy) is 2. The largest absolute Gasteiger partial charge is 0.497 e. The molecule has 7 heteroatoms. The molecule has 4 aromatic rings. The molecular formula is C26H26N4O3. The van der Waals surface area contributed by atoms with E-state index in [4.69, 9.17) is 9.47 Å². The van der Waals surface area contributed by atoms with Crippen molar-refractivity contribution in [1.29, 1.82) is 0 Å². The Bertz CT molecular complexity index is 1260. The maximum atomic E-state index is 12.5. The summed E-state index contributed by atoms with van der Waals surface area (Å²) in [5.74, 6) is 2.13. The Morgan fingerprint density at radius 1 is 1.09 bits per heavy atom. The van der Waals surface area contributed by atoms with Gasteiger partial charge in [0.2, 0.25) is 0 Å². The van der Waals surface area contributed by atoms with Crippen molar-refractivity contribution in [2.75, 3.05) is 13.7 Å². The van der Waals surface area contributed by atoms with Crippen LogP contribution in [-0.4, -0.2) is 35.8 Å². The molecule has 0 aliphatic heterocycles. The summed E-state index contributed by atoms with van der Waals surface area (Å²) in [4.78, 5) is 20.5. The topological polar surface area (TPSA) is 88.6 Å². The molecule has 1 amide bonds. The second-order valence-corrected chi connectivity index (χ2v) is 7.56. The minimum absolute atomic E-state index is 0.294. The summed E-state index contributed by atoms with van der Waals surface area (Å²) in [6.45, 7) is 2.72. The molecule has 0 bridgehead atoms.